The average Bonchev–Trinajstić information content (AvgIpc) is 2.48. The molecule has 4 N–H and O–H groups in total. The van der Waals surface area contributed by atoms with E-state index in [9.17, 15) is 9.90 Å². The van der Waals surface area contributed by atoms with Gasteiger partial charge in [-0.3, -0.25) is 4.79 Å². The van der Waals surface area contributed by atoms with E-state index >= 15 is 0 Å². The molecule has 0 aromatic heterocycles. The Balaban J connectivity index is 1.98. The van der Waals surface area contributed by atoms with Crippen molar-refractivity contribution in [1.29, 1.82) is 0 Å². The van der Waals surface area contributed by atoms with Crippen molar-refractivity contribution in [3.05, 3.63) is 28.8 Å². The highest BCUT2D eigenvalue weighted by Gasteiger charge is 2.31. The van der Waals surface area contributed by atoms with Gasteiger partial charge in [-0.15, -0.1) is 0 Å². The largest absolute Gasteiger partial charge is 0.398 e. The number of nitrogens with one attached hydrogen (secondary N) is 1. The van der Waals surface area contributed by atoms with Gasteiger partial charge in [0.2, 0.25) is 0 Å². The van der Waals surface area contributed by atoms with E-state index in [4.69, 9.17) is 17.3 Å². The normalized spacial score (nSPS) is 17.7. The number of aliphatic hydroxyl groups excluding tert-OH is 1. The molecule has 1 aliphatic rings. The van der Waals surface area contributed by atoms with Crippen LogP contribution in [0.5, 0.6) is 0 Å². The molecule has 0 saturated heterocycles. The summed E-state index contributed by atoms with van der Waals surface area (Å²) in [5.41, 5.74) is 6.43. The van der Waals surface area contributed by atoms with Gasteiger partial charge < -0.3 is 16.2 Å². The van der Waals surface area contributed by atoms with Crippen molar-refractivity contribution >= 4 is 23.2 Å². The Morgan fingerprint density at radius 2 is 2.05 bits per heavy atom. The molecule has 1 aliphatic carbocycles. The van der Waals surface area contributed by atoms with Crippen LogP contribution >= 0.6 is 11.6 Å². The van der Waals surface area contributed by atoms with E-state index in [1.807, 2.05) is 0 Å². The fourth-order valence-corrected chi connectivity index (χ4v) is 2.86. The molecule has 0 radical (unpaired) electrons. The molecule has 0 spiro atoms. The van der Waals surface area contributed by atoms with Crippen molar-refractivity contribution in [2.45, 2.75) is 32.1 Å². The Morgan fingerprint density at radius 1 is 1.35 bits per heavy atom. The predicted molar refractivity (Wildman–Crippen MR) is 80.8 cm³/mol. The van der Waals surface area contributed by atoms with Gasteiger partial charge >= 0.3 is 0 Å². The van der Waals surface area contributed by atoms with Crippen molar-refractivity contribution < 1.29 is 9.90 Å². The Morgan fingerprint density at radius 3 is 2.65 bits per heavy atom. The molecule has 2 rings (SSSR count). The number of rotatable bonds is 4. The summed E-state index contributed by atoms with van der Waals surface area (Å²) >= 11 is 5.84. The standard InChI is InChI=1S/C15H21ClN2O2/c16-12-5-4-11(8-13(12)17)14(20)18-9-15(10-19)6-2-1-3-7-15/h4-5,8,19H,1-3,6-7,9-10,17H2,(H,18,20). The molecule has 0 atom stereocenters. The lowest BCUT2D eigenvalue weighted by Gasteiger charge is -2.35. The number of hydrogen-bond donors (Lipinski definition) is 3. The molecular weight excluding hydrogens is 276 g/mol. The molecule has 20 heavy (non-hydrogen) atoms. The second-order valence-corrected chi connectivity index (χ2v) is 6.04. The molecule has 110 valence electrons. The highest BCUT2D eigenvalue weighted by molar-refractivity contribution is 6.33. The number of carbonyl (C=O) groups excluding carboxylic acids is 1. The molecule has 1 saturated carbocycles. The molecule has 0 aliphatic heterocycles. The van der Waals surface area contributed by atoms with Crippen LogP contribution in [-0.4, -0.2) is 24.2 Å². The lowest BCUT2D eigenvalue weighted by atomic mass is 9.74. The van der Waals surface area contributed by atoms with Crippen molar-refractivity contribution in [2.75, 3.05) is 18.9 Å². The van der Waals surface area contributed by atoms with E-state index in [0.29, 0.717) is 22.8 Å². The van der Waals surface area contributed by atoms with Gasteiger partial charge in [-0.05, 0) is 31.0 Å². The number of anilines is 1. The van der Waals surface area contributed by atoms with Crippen LogP contribution in [-0.2, 0) is 0 Å². The molecular formula is C15H21ClN2O2. The van der Waals surface area contributed by atoms with E-state index < -0.39 is 0 Å². The van der Waals surface area contributed by atoms with Gasteiger partial charge in [-0.1, -0.05) is 30.9 Å². The van der Waals surface area contributed by atoms with Gasteiger partial charge in [0.05, 0.1) is 17.3 Å². The van der Waals surface area contributed by atoms with Crippen LogP contribution in [0.25, 0.3) is 0 Å². The fraction of sp³-hybridized carbons (Fsp3) is 0.533. The summed E-state index contributed by atoms with van der Waals surface area (Å²) in [7, 11) is 0. The van der Waals surface area contributed by atoms with Crippen molar-refractivity contribution in [3.63, 3.8) is 0 Å². The maximum Gasteiger partial charge on any atom is 0.251 e. The van der Waals surface area contributed by atoms with E-state index in [1.165, 1.54) is 6.42 Å². The molecule has 1 aromatic rings. The summed E-state index contributed by atoms with van der Waals surface area (Å²) in [6.07, 6.45) is 5.37. The van der Waals surface area contributed by atoms with Crippen LogP contribution in [0, 0.1) is 5.41 Å². The van der Waals surface area contributed by atoms with E-state index in [1.54, 1.807) is 18.2 Å². The Kier molecular flexibility index (Phi) is 4.89. The molecule has 0 unspecified atom stereocenters. The highest BCUT2D eigenvalue weighted by atomic mass is 35.5. The molecule has 0 bridgehead atoms. The number of benzene rings is 1. The quantitative estimate of drug-likeness (QED) is 0.748. The summed E-state index contributed by atoms with van der Waals surface area (Å²) in [4.78, 5) is 12.1. The van der Waals surface area contributed by atoms with Gasteiger partial charge in [-0.2, -0.15) is 0 Å². The van der Waals surface area contributed by atoms with Gasteiger partial charge in [-0.25, -0.2) is 0 Å². The van der Waals surface area contributed by atoms with Crippen LogP contribution in [0.15, 0.2) is 18.2 Å². The van der Waals surface area contributed by atoms with Crippen LogP contribution in [0.4, 0.5) is 5.69 Å². The first-order valence-electron chi connectivity index (χ1n) is 7.00. The monoisotopic (exact) mass is 296 g/mol. The summed E-state index contributed by atoms with van der Waals surface area (Å²) in [6, 6.07) is 4.85. The number of nitrogens with two attached hydrogens (primary N) is 1. The summed E-state index contributed by atoms with van der Waals surface area (Å²) in [5.74, 6) is -0.174. The van der Waals surface area contributed by atoms with E-state index in [0.717, 1.165) is 25.7 Å². The summed E-state index contributed by atoms with van der Waals surface area (Å²) < 4.78 is 0. The summed E-state index contributed by atoms with van der Waals surface area (Å²) in [6.45, 7) is 0.626. The first kappa shape index (κ1) is 15.1. The first-order valence-corrected chi connectivity index (χ1v) is 7.38. The Bertz CT molecular complexity index is 485. The van der Waals surface area contributed by atoms with Crippen LogP contribution in [0.3, 0.4) is 0 Å². The lowest BCUT2D eigenvalue weighted by Crippen LogP contribution is -2.41. The zero-order valence-electron chi connectivity index (χ0n) is 11.5. The van der Waals surface area contributed by atoms with Gasteiger partial charge in [0, 0.05) is 17.5 Å². The second-order valence-electron chi connectivity index (χ2n) is 5.64. The smallest absolute Gasteiger partial charge is 0.251 e. The van der Waals surface area contributed by atoms with Crippen molar-refractivity contribution in [2.24, 2.45) is 5.41 Å². The molecule has 1 amide bonds. The second kappa shape index (κ2) is 6.46. The average molecular weight is 297 g/mol. The minimum absolute atomic E-state index is 0.121. The topological polar surface area (TPSA) is 75.4 Å². The minimum Gasteiger partial charge on any atom is -0.398 e. The fourth-order valence-electron chi connectivity index (χ4n) is 2.75. The van der Waals surface area contributed by atoms with Crippen LogP contribution < -0.4 is 11.1 Å². The zero-order chi connectivity index (χ0) is 14.6. The van der Waals surface area contributed by atoms with Gasteiger partial charge in [0.25, 0.3) is 5.91 Å². The van der Waals surface area contributed by atoms with Crippen LogP contribution in [0.1, 0.15) is 42.5 Å². The molecule has 0 heterocycles. The molecule has 5 heteroatoms. The van der Waals surface area contributed by atoms with E-state index in [-0.39, 0.29) is 17.9 Å². The summed E-state index contributed by atoms with van der Waals surface area (Å²) in [5, 5.41) is 13.0. The molecule has 4 nitrogen and oxygen atoms in total. The Labute approximate surface area is 124 Å². The maximum absolute atomic E-state index is 12.1. The van der Waals surface area contributed by atoms with Crippen molar-refractivity contribution in [3.8, 4) is 0 Å². The third-order valence-corrected chi connectivity index (χ3v) is 4.48. The zero-order valence-corrected chi connectivity index (χ0v) is 12.2. The number of aliphatic hydroxyl groups is 1. The number of carbonyl (C=O) groups is 1. The van der Waals surface area contributed by atoms with Gasteiger partial charge in [0.1, 0.15) is 0 Å². The van der Waals surface area contributed by atoms with Crippen molar-refractivity contribution in [1.82, 2.24) is 5.32 Å². The molecule has 1 aromatic carbocycles. The molecule has 1 fully saturated rings. The first-order chi connectivity index (χ1) is 9.56. The number of nitrogen functional groups attached to an aromatic ring is 1. The number of amides is 1. The SMILES string of the molecule is Nc1cc(C(=O)NCC2(CO)CCCCC2)ccc1Cl. The highest BCUT2D eigenvalue weighted by Crippen LogP contribution is 2.35. The number of hydrogen-bond acceptors (Lipinski definition) is 3. The Hall–Kier alpha value is -1.26. The van der Waals surface area contributed by atoms with E-state index in [2.05, 4.69) is 5.32 Å². The van der Waals surface area contributed by atoms with Gasteiger partial charge in [0.15, 0.2) is 0 Å². The maximum atomic E-state index is 12.1. The number of halogens is 1. The predicted octanol–water partition coefficient (Wildman–Crippen LogP) is 2.59. The minimum atomic E-state index is -0.174. The third-order valence-electron chi connectivity index (χ3n) is 4.13. The third kappa shape index (κ3) is 3.44. The van der Waals surface area contributed by atoms with Crippen LogP contribution in [0.2, 0.25) is 5.02 Å². The lowest BCUT2D eigenvalue weighted by molar-refractivity contribution is 0.0718.